The minimum Gasteiger partial charge on any atom is -0.314 e. The van der Waals surface area contributed by atoms with Crippen molar-refractivity contribution in [2.45, 2.75) is 72.9 Å². The zero-order valence-electron chi connectivity index (χ0n) is 13.5. The fourth-order valence-corrected chi connectivity index (χ4v) is 2.33. The molecule has 0 saturated carbocycles. The van der Waals surface area contributed by atoms with Gasteiger partial charge in [-0.2, -0.15) is 5.10 Å². The first-order chi connectivity index (χ1) is 8.81. The van der Waals surface area contributed by atoms with Gasteiger partial charge in [0.05, 0.1) is 5.69 Å². The summed E-state index contributed by atoms with van der Waals surface area (Å²) in [4.78, 5) is 0. The van der Waals surface area contributed by atoms with E-state index in [1.165, 1.54) is 18.5 Å². The first kappa shape index (κ1) is 16.2. The van der Waals surface area contributed by atoms with Gasteiger partial charge in [-0.25, -0.2) is 0 Å². The van der Waals surface area contributed by atoms with Crippen molar-refractivity contribution in [3.8, 4) is 0 Å². The van der Waals surface area contributed by atoms with Crippen LogP contribution in [0, 0.1) is 5.41 Å². The van der Waals surface area contributed by atoms with Gasteiger partial charge in [-0.3, -0.25) is 4.68 Å². The van der Waals surface area contributed by atoms with E-state index in [4.69, 9.17) is 0 Å². The van der Waals surface area contributed by atoms with Gasteiger partial charge in [-0.05, 0) is 44.7 Å². The van der Waals surface area contributed by atoms with Gasteiger partial charge in [0.15, 0.2) is 0 Å². The maximum Gasteiger partial charge on any atom is 0.0640 e. The van der Waals surface area contributed by atoms with Crippen LogP contribution in [0.5, 0.6) is 0 Å². The van der Waals surface area contributed by atoms with Crippen molar-refractivity contribution in [2.24, 2.45) is 5.41 Å². The molecule has 1 aromatic rings. The SMILES string of the molecule is CCCNC(Cc1ccn(C(C)C)n1)CC(C)(C)C. The van der Waals surface area contributed by atoms with E-state index in [-0.39, 0.29) is 0 Å². The Balaban J connectivity index is 2.64. The van der Waals surface area contributed by atoms with E-state index in [0.29, 0.717) is 17.5 Å². The van der Waals surface area contributed by atoms with Crippen LogP contribution in [0.25, 0.3) is 0 Å². The zero-order valence-corrected chi connectivity index (χ0v) is 13.5. The summed E-state index contributed by atoms with van der Waals surface area (Å²) in [5, 5.41) is 8.33. The lowest BCUT2D eigenvalue weighted by molar-refractivity contribution is 0.305. The summed E-state index contributed by atoms with van der Waals surface area (Å²) in [5.41, 5.74) is 1.55. The highest BCUT2D eigenvalue weighted by molar-refractivity contribution is 5.02. The fraction of sp³-hybridized carbons (Fsp3) is 0.812. The smallest absolute Gasteiger partial charge is 0.0640 e. The Morgan fingerprint density at radius 3 is 2.47 bits per heavy atom. The Kier molecular flexibility index (Phi) is 6.05. The standard InChI is InChI=1S/C16H31N3/c1-7-9-17-15(12-16(4,5)6)11-14-8-10-19(18-14)13(2)3/h8,10,13,15,17H,7,9,11-12H2,1-6H3. The third-order valence-corrected chi connectivity index (χ3v) is 3.19. The predicted octanol–water partition coefficient (Wildman–Crippen LogP) is 3.81. The van der Waals surface area contributed by atoms with Gasteiger partial charge in [-0.1, -0.05) is 27.7 Å². The maximum atomic E-state index is 4.66. The molecule has 0 fully saturated rings. The molecule has 0 aromatic carbocycles. The molecule has 1 aromatic heterocycles. The average molecular weight is 265 g/mol. The Labute approximate surface area is 118 Å². The van der Waals surface area contributed by atoms with E-state index in [0.717, 1.165) is 13.0 Å². The minimum absolute atomic E-state index is 0.353. The molecule has 110 valence electrons. The molecule has 0 spiro atoms. The van der Waals surface area contributed by atoms with Gasteiger partial charge in [0.1, 0.15) is 0 Å². The molecule has 0 aliphatic heterocycles. The summed E-state index contributed by atoms with van der Waals surface area (Å²) in [5.74, 6) is 0. The van der Waals surface area contributed by atoms with Gasteiger partial charge in [0.2, 0.25) is 0 Å². The van der Waals surface area contributed by atoms with Crippen molar-refractivity contribution in [3.05, 3.63) is 18.0 Å². The van der Waals surface area contributed by atoms with Gasteiger partial charge < -0.3 is 5.32 Å². The number of hydrogen-bond donors (Lipinski definition) is 1. The molecular formula is C16H31N3. The molecule has 19 heavy (non-hydrogen) atoms. The van der Waals surface area contributed by atoms with Crippen LogP contribution in [0.3, 0.4) is 0 Å². The second kappa shape index (κ2) is 7.09. The Morgan fingerprint density at radius 2 is 2.00 bits per heavy atom. The monoisotopic (exact) mass is 265 g/mol. The lowest BCUT2D eigenvalue weighted by atomic mass is 9.86. The molecule has 1 heterocycles. The van der Waals surface area contributed by atoms with Crippen LogP contribution >= 0.6 is 0 Å². The second-order valence-electron chi connectivity index (χ2n) is 7.00. The normalized spacial score (nSPS) is 14.1. The van der Waals surface area contributed by atoms with E-state index in [2.05, 4.69) is 64.2 Å². The highest BCUT2D eigenvalue weighted by Gasteiger charge is 2.19. The molecule has 0 radical (unpaired) electrons. The number of aromatic nitrogens is 2. The third kappa shape index (κ3) is 6.24. The zero-order chi connectivity index (χ0) is 14.5. The fourth-order valence-electron chi connectivity index (χ4n) is 2.33. The van der Waals surface area contributed by atoms with Crippen LogP contribution in [-0.4, -0.2) is 22.4 Å². The number of hydrogen-bond acceptors (Lipinski definition) is 2. The third-order valence-electron chi connectivity index (χ3n) is 3.19. The Morgan fingerprint density at radius 1 is 1.32 bits per heavy atom. The molecule has 3 nitrogen and oxygen atoms in total. The Hall–Kier alpha value is -0.830. The first-order valence-corrected chi connectivity index (χ1v) is 7.59. The van der Waals surface area contributed by atoms with E-state index in [1.54, 1.807) is 0 Å². The molecule has 1 unspecified atom stereocenters. The molecule has 0 aliphatic rings. The Bertz CT molecular complexity index is 360. The maximum absolute atomic E-state index is 4.66. The molecule has 0 amide bonds. The van der Waals surface area contributed by atoms with E-state index in [9.17, 15) is 0 Å². The van der Waals surface area contributed by atoms with Crippen molar-refractivity contribution in [3.63, 3.8) is 0 Å². The minimum atomic E-state index is 0.353. The number of nitrogens with one attached hydrogen (secondary N) is 1. The van der Waals surface area contributed by atoms with Crippen LogP contribution in [-0.2, 0) is 6.42 Å². The largest absolute Gasteiger partial charge is 0.314 e. The summed E-state index contributed by atoms with van der Waals surface area (Å²) < 4.78 is 2.04. The van der Waals surface area contributed by atoms with Gasteiger partial charge in [0, 0.05) is 24.7 Å². The van der Waals surface area contributed by atoms with Crippen molar-refractivity contribution in [1.29, 1.82) is 0 Å². The molecule has 0 bridgehead atoms. The summed E-state index contributed by atoms with van der Waals surface area (Å²) >= 11 is 0. The first-order valence-electron chi connectivity index (χ1n) is 7.59. The number of rotatable bonds is 7. The van der Waals surface area contributed by atoms with Crippen LogP contribution in [0.15, 0.2) is 12.3 Å². The topological polar surface area (TPSA) is 29.9 Å². The van der Waals surface area contributed by atoms with Crippen LogP contribution < -0.4 is 5.32 Å². The summed E-state index contributed by atoms with van der Waals surface area (Å²) in [7, 11) is 0. The lowest BCUT2D eigenvalue weighted by Crippen LogP contribution is -2.35. The highest BCUT2D eigenvalue weighted by atomic mass is 15.3. The van der Waals surface area contributed by atoms with Crippen molar-refractivity contribution in [2.75, 3.05) is 6.54 Å². The predicted molar refractivity (Wildman–Crippen MR) is 82.5 cm³/mol. The van der Waals surface area contributed by atoms with Gasteiger partial charge >= 0.3 is 0 Å². The van der Waals surface area contributed by atoms with E-state index < -0.39 is 0 Å². The van der Waals surface area contributed by atoms with Gasteiger partial charge in [-0.15, -0.1) is 0 Å². The number of nitrogens with zero attached hydrogens (tertiary/aromatic N) is 2. The summed E-state index contributed by atoms with van der Waals surface area (Å²) in [6.07, 6.45) is 5.48. The molecule has 3 heteroatoms. The molecule has 0 aliphatic carbocycles. The molecule has 0 saturated heterocycles. The van der Waals surface area contributed by atoms with Crippen LogP contribution in [0.4, 0.5) is 0 Å². The van der Waals surface area contributed by atoms with Crippen molar-refractivity contribution >= 4 is 0 Å². The van der Waals surface area contributed by atoms with Gasteiger partial charge in [0.25, 0.3) is 0 Å². The summed E-state index contributed by atoms with van der Waals surface area (Å²) in [6.45, 7) is 14.6. The second-order valence-corrected chi connectivity index (χ2v) is 7.00. The molecule has 1 N–H and O–H groups in total. The lowest BCUT2D eigenvalue weighted by Gasteiger charge is -2.26. The average Bonchev–Trinajstić information content (AvgIpc) is 2.72. The molecule has 1 atom stereocenters. The van der Waals surface area contributed by atoms with Crippen LogP contribution in [0.2, 0.25) is 0 Å². The van der Waals surface area contributed by atoms with Crippen molar-refractivity contribution < 1.29 is 0 Å². The highest BCUT2D eigenvalue weighted by Crippen LogP contribution is 2.22. The van der Waals surface area contributed by atoms with E-state index in [1.807, 2.05) is 4.68 Å². The summed E-state index contributed by atoms with van der Waals surface area (Å²) in [6, 6.07) is 3.12. The quantitative estimate of drug-likeness (QED) is 0.812. The van der Waals surface area contributed by atoms with Crippen molar-refractivity contribution in [1.82, 2.24) is 15.1 Å². The van der Waals surface area contributed by atoms with E-state index >= 15 is 0 Å². The van der Waals surface area contributed by atoms with Crippen LogP contribution in [0.1, 0.15) is 66.1 Å². The molecule has 1 rings (SSSR count). The molecular weight excluding hydrogens is 234 g/mol.